The zero-order valence-electron chi connectivity index (χ0n) is 24.0. The first-order chi connectivity index (χ1) is 19.8. The van der Waals surface area contributed by atoms with Crippen LogP contribution in [0.2, 0.25) is 0 Å². The van der Waals surface area contributed by atoms with E-state index in [9.17, 15) is 23.2 Å². The Morgan fingerprint density at radius 3 is 2.10 bits per heavy atom. The van der Waals surface area contributed by atoms with E-state index in [2.05, 4.69) is 9.89 Å². The monoisotopic (exact) mass is 598 g/mol. The van der Waals surface area contributed by atoms with Crippen molar-refractivity contribution < 1.29 is 22.7 Å². The fourth-order valence-electron chi connectivity index (χ4n) is 5.83. The zero-order valence-corrected chi connectivity index (χ0v) is 24.8. The standard InChI is InChI=1S/C30H33F3N6O2S/c1-28(2,3)41-27(40)37-16-14-36(15-17-37)21-8-10-22(11-9-21)39-26(42)38(25(35-4)29(39)12-5-13-29)23-7-6-20(19-34)24(18-23)30(31,32)33/h6-11,18H,5,12-17H2,1-4H3/b35-25+. The topological polar surface area (TPSA) is 75.4 Å². The van der Waals surface area contributed by atoms with Gasteiger partial charge in [-0.05, 0) is 94.7 Å². The number of nitrogens with zero attached hydrogens (tertiary/aromatic N) is 6. The molecular formula is C30H33F3N6O2S. The van der Waals surface area contributed by atoms with E-state index < -0.39 is 28.4 Å². The molecule has 3 aliphatic rings. The zero-order chi connectivity index (χ0) is 30.4. The van der Waals surface area contributed by atoms with Gasteiger partial charge in [-0.15, -0.1) is 0 Å². The summed E-state index contributed by atoms with van der Waals surface area (Å²) in [5, 5.41) is 9.60. The molecule has 2 aromatic carbocycles. The average Bonchev–Trinajstić information content (AvgIpc) is 3.20. The normalized spacial score (nSPS) is 19.8. The maximum Gasteiger partial charge on any atom is 0.417 e. The van der Waals surface area contributed by atoms with Gasteiger partial charge in [0.25, 0.3) is 0 Å². The molecule has 42 heavy (non-hydrogen) atoms. The summed E-state index contributed by atoms with van der Waals surface area (Å²) >= 11 is 5.91. The quantitative estimate of drug-likeness (QED) is 0.390. The van der Waals surface area contributed by atoms with Crippen LogP contribution in [0.3, 0.4) is 0 Å². The number of alkyl halides is 3. The number of amides is 1. The van der Waals surface area contributed by atoms with Crippen LogP contribution in [-0.4, -0.2) is 66.3 Å². The summed E-state index contributed by atoms with van der Waals surface area (Å²) < 4.78 is 46.9. The molecule has 2 aromatic rings. The van der Waals surface area contributed by atoms with E-state index in [1.165, 1.54) is 12.1 Å². The summed E-state index contributed by atoms with van der Waals surface area (Å²) in [4.78, 5) is 24.5. The molecule has 5 rings (SSSR count). The number of nitriles is 1. The third kappa shape index (κ3) is 5.26. The Morgan fingerprint density at radius 1 is 1.00 bits per heavy atom. The first-order valence-corrected chi connectivity index (χ1v) is 14.3. The highest BCUT2D eigenvalue weighted by atomic mass is 32.1. The number of carbonyl (C=O) groups is 1. The second-order valence-electron chi connectivity index (χ2n) is 11.7. The van der Waals surface area contributed by atoms with Gasteiger partial charge in [-0.1, -0.05) is 0 Å². The average molecular weight is 599 g/mol. The van der Waals surface area contributed by atoms with Gasteiger partial charge < -0.3 is 19.4 Å². The molecule has 1 aliphatic carbocycles. The van der Waals surface area contributed by atoms with E-state index in [1.54, 1.807) is 22.9 Å². The van der Waals surface area contributed by atoms with Crippen molar-refractivity contribution in [1.29, 1.82) is 5.26 Å². The minimum absolute atomic E-state index is 0.222. The maximum absolute atomic E-state index is 13.8. The number of amidine groups is 1. The third-order valence-electron chi connectivity index (χ3n) is 7.92. The summed E-state index contributed by atoms with van der Waals surface area (Å²) in [7, 11) is 1.63. The Kier molecular flexibility index (Phi) is 7.60. The lowest BCUT2D eigenvalue weighted by Gasteiger charge is -2.45. The Balaban J connectivity index is 1.39. The van der Waals surface area contributed by atoms with E-state index in [0.717, 1.165) is 36.7 Å². The van der Waals surface area contributed by atoms with Crippen molar-refractivity contribution >= 4 is 46.3 Å². The van der Waals surface area contributed by atoms with E-state index in [-0.39, 0.29) is 11.8 Å². The molecule has 2 saturated heterocycles. The molecule has 3 fully saturated rings. The fraction of sp³-hybridized carbons (Fsp3) is 0.467. The summed E-state index contributed by atoms with van der Waals surface area (Å²) in [6.45, 7) is 7.96. The lowest BCUT2D eigenvalue weighted by atomic mass is 9.74. The van der Waals surface area contributed by atoms with Gasteiger partial charge in [0.2, 0.25) is 0 Å². The summed E-state index contributed by atoms with van der Waals surface area (Å²) in [5.41, 5.74) is -0.500. The van der Waals surface area contributed by atoms with Crippen molar-refractivity contribution in [2.24, 2.45) is 4.99 Å². The Bertz CT molecular complexity index is 1450. The number of anilines is 3. The van der Waals surface area contributed by atoms with Gasteiger partial charge in [0.1, 0.15) is 17.0 Å². The van der Waals surface area contributed by atoms with E-state index in [0.29, 0.717) is 37.1 Å². The lowest BCUT2D eigenvalue weighted by Crippen LogP contribution is -2.55. The van der Waals surface area contributed by atoms with Crippen LogP contribution in [0.4, 0.5) is 35.0 Å². The number of benzene rings is 2. The van der Waals surface area contributed by atoms with Gasteiger partial charge in [-0.25, -0.2) is 4.79 Å². The molecule has 0 radical (unpaired) electrons. The molecule has 0 unspecified atom stereocenters. The van der Waals surface area contributed by atoms with Gasteiger partial charge in [0, 0.05) is 44.6 Å². The number of halogens is 3. The molecule has 0 atom stereocenters. The van der Waals surface area contributed by atoms with Gasteiger partial charge >= 0.3 is 12.3 Å². The minimum atomic E-state index is -4.69. The highest BCUT2D eigenvalue weighted by Crippen LogP contribution is 2.49. The molecule has 12 heteroatoms. The van der Waals surface area contributed by atoms with Gasteiger partial charge in [0.15, 0.2) is 5.11 Å². The summed E-state index contributed by atoms with van der Waals surface area (Å²) in [6.07, 6.45) is -2.55. The molecule has 2 heterocycles. The highest BCUT2D eigenvalue weighted by Gasteiger charge is 2.57. The first kappa shape index (κ1) is 29.6. The molecule has 222 valence electrons. The van der Waals surface area contributed by atoms with Crippen molar-refractivity contribution in [3.8, 4) is 6.07 Å². The third-order valence-corrected chi connectivity index (χ3v) is 8.29. The van der Waals surface area contributed by atoms with Crippen LogP contribution < -0.4 is 14.7 Å². The van der Waals surface area contributed by atoms with Gasteiger partial charge in [-0.3, -0.25) is 9.89 Å². The molecule has 2 aliphatic heterocycles. The van der Waals surface area contributed by atoms with Crippen molar-refractivity contribution in [1.82, 2.24) is 4.90 Å². The number of aliphatic imine (C=N–C) groups is 1. The second kappa shape index (κ2) is 10.8. The van der Waals surface area contributed by atoms with Crippen molar-refractivity contribution in [2.45, 2.75) is 57.3 Å². The Hall–Kier alpha value is -3.85. The Morgan fingerprint density at radius 2 is 1.60 bits per heavy atom. The van der Waals surface area contributed by atoms with Gasteiger partial charge in [-0.2, -0.15) is 18.4 Å². The largest absolute Gasteiger partial charge is 0.444 e. The van der Waals surface area contributed by atoms with E-state index in [1.807, 2.05) is 49.9 Å². The smallest absolute Gasteiger partial charge is 0.417 e. The predicted molar refractivity (Wildman–Crippen MR) is 160 cm³/mol. The van der Waals surface area contributed by atoms with E-state index in [4.69, 9.17) is 17.0 Å². The van der Waals surface area contributed by atoms with Crippen LogP contribution in [0.15, 0.2) is 47.5 Å². The van der Waals surface area contributed by atoms with Crippen LogP contribution in [0.1, 0.15) is 51.2 Å². The molecule has 1 amide bonds. The predicted octanol–water partition coefficient (Wildman–Crippen LogP) is 6.20. The van der Waals surface area contributed by atoms with Crippen molar-refractivity contribution in [3.63, 3.8) is 0 Å². The number of thiocarbonyl (C=S) groups is 1. The van der Waals surface area contributed by atoms with Crippen LogP contribution >= 0.6 is 12.2 Å². The van der Waals surface area contributed by atoms with Crippen LogP contribution in [0.25, 0.3) is 0 Å². The maximum atomic E-state index is 13.8. The SMILES string of the molecule is C/N=C1/N(c2ccc(C#N)c(C(F)(F)F)c2)C(=S)N(c2ccc(N3CCN(C(=O)OC(C)(C)C)CC3)cc2)C12CCC2. The van der Waals surface area contributed by atoms with E-state index >= 15 is 0 Å². The highest BCUT2D eigenvalue weighted by molar-refractivity contribution is 7.81. The fourth-order valence-corrected chi connectivity index (χ4v) is 6.30. The minimum Gasteiger partial charge on any atom is -0.444 e. The molecule has 1 spiro atoms. The van der Waals surface area contributed by atoms with Crippen LogP contribution in [0.5, 0.6) is 0 Å². The number of hydrogen-bond acceptors (Lipinski definition) is 6. The lowest BCUT2D eigenvalue weighted by molar-refractivity contribution is -0.137. The number of rotatable bonds is 3. The molecule has 8 nitrogen and oxygen atoms in total. The molecule has 0 aromatic heterocycles. The summed E-state index contributed by atoms with van der Waals surface area (Å²) in [5.74, 6) is 0.596. The molecular weight excluding hydrogens is 565 g/mol. The molecule has 0 bridgehead atoms. The first-order valence-electron chi connectivity index (χ1n) is 13.8. The summed E-state index contributed by atoms with van der Waals surface area (Å²) in [6, 6.07) is 13.2. The number of piperazine rings is 1. The van der Waals surface area contributed by atoms with Gasteiger partial charge in [0.05, 0.1) is 22.9 Å². The van der Waals surface area contributed by atoms with Crippen LogP contribution in [-0.2, 0) is 10.9 Å². The van der Waals surface area contributed by atoms with Crippen LogP contribution in [0, 0.1) is 11.3 Å². The number of ether oxygens (including phenoxy) is 1. The van der Waals surface area contributed by atoms with Crippen molar-refractivity contribution in [3.05, 3.63) is 53.6 Å². The number of carbonyl (C=O) groups excluding carboxylic acids is 1. The molecule has 0 N–H and O–H groups in total. The number of hydrogen-bond donors (Lipinski definition) is 0. The Labute approximate surface area is 248 Å². The molecule has 1 saturated carbocycles. The second-order valence-corrected chi connectivity index (χ2v) is 12.1. The van der Waals surface area contributed by atoms with Crippen molar-refractivity contribution in [2.75, 3.05) is 47.9 Å².